The summed E-state index contributed by atoms with van der Waals surface area (Å²) in [5.74, 6) is 6.22. The van der Waals surface area contributed by atoms with Gasteiger partial charge in [0.15, 0.2) is 0 Å². The van der Waals surface area contributed by atoms with Crippen LogP contribution in [0.3, 0.4) is 0 Å². The van der Waals surface area contributed by atoms with Crippen LogP contribution in [0.2, 0.25) is 0 Å². The molecule has 0 saturated carbocycles. The second-order valence-electron chi connectivity index (χ2n) is 4.11. The molecule has 3 heteroatoms. The summed E-state index contributed by atoms with van der Waals surface area (Å²) in [5.41, 5.74) is 2.90. The molecular weight excluding hydrogens is 192 g/mol. The Morgan fingerprint density at radius 2 is 2.29 bits per heavy atom. The molecule has 1 heterocycles. The van der Waals surface area contributed by atoms with Gasteiger partial charge in [-0.3, -0.25) is 11.3 Å². The molecule has 0 aromatic carbocycles. The number of hydrogen-bond donors (Lipinski definition) is 2. The van der Waals surface area contributed by atoms with Crippen LogP contribution in [0.15, 0.2) is 17.5 Å². The van der Waals surface area contributed by atoms with Gasteiger partial charge in [0, 0.05) is 10.9 Å². The summed E-state index contributed by atoms with van der Waals surface area (Å²) in [6, 6.07) is 4.75. The maximum atomic E-state index is 5.51. The molecule has 1 aromatic heterocycles. The summed E-state index contributed by atoms with van der Waals surface area (Å²) < 4.78 is 0. The van der Waals surface area contributed by atoms with E-state index in [4.69, 9.17) is 5.84 Å². The largest absolute Gasteiger partial charge is 0.271 e. The monoisotopic (exact) mass is 212 g/mol. The van der Waals surface area contributed by atoms with E-state index < -0.39 is 0 Å². The predicted molar refractivity (Wildman–Crippen MR) is 63.2 cm³/mol. The average molecular weight is 212 g/mol. The van der Waals surface area contributed by atoms with Crippen molar-refractivity contribution >= 4 is 11.3 Å². The van der Waals surface area contributed by atoms with Crippen LogP contribution in [0.25, 0.3) is 0 Å². The summed E-state index contributed by atoms with van der Waals surface area (Å²) in [5, 5.41) is 2.13. The van der Waals surface area contributed by atoms with Crippen molar-refractivity contribution in [2.45, 2.75) is 39.2 Å². The first-order valence-corrected chi connectivity index (χ1v) is 6.09. The Balaban J connectivity index is 2.27. The molecule has 3 N–H and O–H groups in total. The highest BCUT2D eigenvalue weighted by Gasteiger charge is 2.08. The first-order chi connectivity index (χ1) is 6.72. The zero-order valence-electron chi connectivity index (χ0n) is 8.99. The average Bonchev–Trinajstić information content (AvgIpc) is 2.64. The van der Waals surface area contributed by atoms with Gasteiger partial charge in [-0.25, -0.2) is 0 Å². The van der Waals surface area contributed by atoms with Crippen molar-refractivity contribution in [1.82, 2.24) is 5.43 Å². The summed E-state index contributed by atoms with van der Waals surface area (Å²) in [7, 11) is 0. The molecule has 1 rings (SSSR count). The van der Waals surface area contributed by atoms with Crippen molar-refractivity contribution in [2.75, 3.05) is 0 Å². The number of aryl methyl sites for hydroxylation is 1. The van der Waals surface area contributed by atoms with Crippen LogP contribution in [-0.4, -0.2) is 6.04 Å². The van der Waals surface area contributed by atoms with Gasteiger partial charge in [-0.15, -0.1) is 11.3 Å². The Hall–Kier alpha value is -0.380. The van der Waals surface area contributed by atoms with Gasteiger partial charge in [0.2, 0.25) is 0 Å². The third kappa shape index (κ3) is 4.22. The highest BCUT2D eigenvalue weighted by atomic mass is 32.1. The molecule has 0 aliphatic rings. The minimum atomic E-state index is 0.456. The summed E-state index contributed by atoms with van der Waals surface area (Å²) >= 11 is 1.83. The van der Waals surface area contributed by atoms with Crippen LogP contribution in [0.5, 0.6) is 0 Å². The predicted octanol–water partition coefficient (Wildman–Crippen LogP) is 2.56. The van der Waals surface area contributed by atoms with Crippen LogP contribution in [0.4, 0.5) is 0 Å². The topological polar surface area (TPSA) is 38.0 Å². The van der Waals surface area contributed by atoms with Crippen molar-refractivity contribution in [2.24, 2.45) is 11.8 Å². The van der Waals surface area contributed by atoms with E-state index in [1.807, 2.05) is 11.3 Å². The third-order valence-electron chi connectivity index (χ3n) is 2.31. The van der Waals surface area contributed by atoms with E-state index >= 15 is 0 Å². The molecule has 2 nitrogen and oxygen atoms in total. The molecule has 0 aliphatic heterocycles. The van der Waals surface area contributed by atoms with Crippen LogP contribution in [0.1, 0.15) is 31.6 Å². The van der Waals surface area contributed by atoms with Gasteiger partial charge in [-0.05, 0) is 36.6 Å². The summed E-state index contributed by atoms with van der Waals surface area (Å²) in [4.78, 5) is 1.45. The van der Waals surface area contributed by atoms with E-state index in [0.717, 1.165) is 19.3 Å². The molecule has 1 aromatic rings. The van der Waals surface area contributed by atoms with Crippen LogP contribution in [-0.2, 0) is 6.42 Å². The first kappa shape index (κ1) is 11.7. The zero-order valence-corrected chi connectivity index (χ0v) is 9.81. The lowest BCUT2D eigenvalue weighted by molar-refractivity contribution is 0.405. The van der Waals surface area contributed by atoms with Crippen molar-refractivity contribution in [3.8, 4) is 0 Å². The van der Waals surface area contributed by atoms with Crippen LogP contribution >= 0.6 is 11.3 Å². The maximum absolute atomic E-state index is 5.51. The second kappa shape index (κ2) is 6.17. The lowest BCUT2D eigenvalue weighted by Gasteiger charge is -2.17. The second-order valence-corrected chi connectivity index (χ2v) is 5.14. The van der Waals surface area contributed by atoms with Crippen molar-refractivity contribution in [3.63, 3.8) is 0 Å². The minimum Gasteiger partial charge on any atom is -0.271 e. The fourth-order valence-corrected chi connectivity index (χ4v) is 2.33. The van der Waals surface area contributed by atoms with E-state index in [9.17, 15) is 0 Å². The standard InChI is InChI=1S/C11H20N2S/c1-9(2)8-10(13-12)5-6-11-4-3-7-14-11/h3-4,7,9-10,13H,5-6,8,12H2,1-2H3. The van der Waals surface area contributed by atoms with Gasteiger partial charge >= 0.3 is 0 Å². The molecule has 0 bridgehead atoms. The Labute approximate surface area is 90.5 Å². The molecule has 0 spiro atoms. The minimum absolute atomic E-state index is 0.456. The zero-order chi connectivity index (χ0) is 10.4. The van der Waals surface area contributed by atoms with Gasteiger partial charge in [-0.2, -0.15) is 0 Å². The lowest BCUT2D eigenvalue weighted by Crippen LogP contribution is -2.36. The number of nitrogens with one attached hydrogen (secondary N) is 1. The fraction of sp³-hybridized carbons (Fsp3) is 0.636. The van der Waals surface area contributed by atoms with Crippen molar-refractivity contribution < 1.29 is 0 Å². The molecule has 1 atom stereocenters. The van der Waals surface area contributed by atoms with Gasteiger partial charge in [0.05, 0.1) is 0 Å². The third-order valence-corrected chi connectivity index (χ3v) is 3.25. The Morgan fingerprint density at radius 1 is 1.50 bits per heavy atom. The lowest BCUT2D eigenvalue weighted by atomic mass is 10.00. The smallest absolute Gasteiger partial charge is 0.0216 e. The Morgan fingerprint density at radius 3 is 2.79 bits per heavy atom. The fourth-order valence-electron chi connectivity index (χ4n) is 1.61. The molecular formula is C11H20N2S. The molecule has 80 valence electrons. The van der Waals surface area contributed by atoms with E-state index in [2.05, 4.69) is 36.8 Å². The normalized spacial score (nSPS) is 13.4. The number of hydrogen-bond acceptors (Lipinski definition) is 3. The summed E-state index contributed by atoms with van der Waals surface area (Å²) in [6.45, 7) is 4.46. The van der Waals surface area contributed by atoms with E-state index in [0.29, 0.717) is 12.0 Å². The SMILES string of the molecule is CC(C)CC(CCc1cccs1)NN. The summed E-state index contributed by atoms with van der Waals surface area (Å²) in [6.07, 6.45) is 3.43. The highest BCUT2D eigenvalue weighted by molar-refractivity contribution is 7.09. The number of thiophene rings is 1. The molecule has 14 heavy (non-hydrogen) atoms. The van der Waals surface area contributed by atoms with E-state index in [-0.39, 0.29) is 0 Å². The van der Waals surface area contributed by atoms with Crippen molar-refractivity contribution in [3.05, 3.63) is 22.4 Å². The van der Waals surface area contributed by atoms with E-state index in [1.54, 1.807) is 0 Å². The first-order valence-electron chi connectivity index (χ1n) is 5.21. The van der Waals surface area contributed by atoms with Crippen LogP contribution in [0, 0.1) is 5.92 Å². The van der Waals surface area contributed by atoms with Gasteiger partial charge in [0.25, 0.3) is 0 Å². The number of nitrogens with two attached hydrogens (primary N) is 1. The highest BCUT2D eigenvalue weighted by Crippen LogP contribution is 2.14. The maximum Gasteiger partial charge on any atom is 0.0216 e. The molecule has 0 amide bonds. The molecule has 0 radical (unpaired) electrons. The quantitative estimate of drug-likeness (QED) is 0.562. The van der Waals surface area contributed by atoms with Gasteiger partial charge < -0.3 is 0 Å². The van der Waals surface area contributed by atoms with Crippen molar-refractivity contribution in [1.29, 1.82) is 0 Å². The van der Waals surface area contributed by atoms with Crippen LogP contribution < -0.4 is 11.3 Å². The Bertz CT molecular complexity index is 231. The number of rotatable bonds is 6. The number of hydrazine groups is 1. The molecule has 0 fully saturated rings. The van der Waals surface area contributed by atoms with Gasteiger partial charge in [0.1, 0.15) is 0 Å². The Kier molecular flexibility index (Phi) is 5.15. The van der Waals surface area contributed by atoms with Gasteiger partial charge in [-0.1, -0.05) is 19.9 Å². The van der Waals surface area contributed by atoms with E-state index in [1.165, 1.54) is 4.88 Å². The molecule has 0 aliphatic carbocycles. The molecule has 1 unspecified atom stereocenters. The molecule has 0 saturated heterocycles.